The van der Waals surface area contributed by atoms with Crippen molar-refractivity contribution in [1.82, 2.24) is 24.3 Å². The lowest BCUT2D eigenvalue weighted by molar-refractivity contribution is 0.0711. The molecule has 162 valence electrons. The molecule has 2 aromatic heterocycles. The van der Waals surface area contributed by atoms with Crippen molar-refractivity contribution in [2.45, 2.75) is 6.10 Å². The van der Waals surface area contributed by atoms with Crippen LogP contribution < -0.4 is 14.7 Å². The van der Waals surface area contributed by atoms with Gasteiger partial charge in [-0.05, 0) is 6.07 Å². The second-order valence-corrected chi connectivity index (χ2v) is 8.45. The molecule has 2 aromatic rings. The Bertz CT molecular complexity index is 1060. The lowest BCUT2D eigenvalue weighted by Crippen LogP contribution is -2.56. The van der Waals surface area contributed by atoms with Gasteiger partial charge in [-0.2, -0.15) is 0 Å². The van der Waals surface area contributed by atoms with Gasteiger partial charge in [0.15, 0.2) is 11.4 Å². The molecule has 0 spiro atoms. The molecule has 2 bridgehead atoms. The number of aryl methyl sites for hydroxylation is 1. The highest BCUT2D eigenvalue weighted by atomic mass is 32.1. The predicted octanol–water partition coefficient (Wildman–Crippen LogP) is 1.49. The Morgan fingerprint density at radius 2 is 2.06 bits per heavy atom. The number of nitrogens with zero attached hydrogens (tertiary/aromatic N) is 5. The Labute approximate surface area is 184 Å². The third-order valence-electron chi connectivity index (χ3n) is 6.34. The Hall–Kier alpha value is -3.05. The van der Waals surface area contributed by atoms with E-state index in [1.54, 1.807) is 6.20 Å². The summed E-state index contributed by atoms with van der Waals surface area (Å²) in [5, 5.41) is 2.07. The lowest BCUT2D eigenvalue weighted by Gasteiger charge is -2.39. The average Bonchev–Trinajstić information content (AvgIpc) is 3.28. The maximum absolute atomic E-state index is 12.9. The van der Waals surface area contributed by atoms with Gasteiger partial charge in [-0.1, -0.05) is 12.6 Å². The highest BCUT2D eigenvalue weighted by molar-refractivity contribution is 7.96. The molecule has 4 aliphatic rings. The number of piperazine rings is 1. The molecule has 0 aromatic carbocycles. The molecular formula is C20H23N6O4S+. The van der Waals surface area contributed by atoms with Crippen molar-refractivity contribution in [2.75, 3.05) is 44.2 Å². The number of hydrogen-bond acceptors (Lipinski definition) is 5. The van der Waals surface area contributed by atoms with Crippen molar-refractivity contribution in [3.05, 3.63) is 36.3 Å². The van der Waals surface area contributed by atoms with Gasteiger partial charge in [0.2, 0.25) is 5.82 Å². The molecular weight excluding hydrogens is 420 g/mol. The van der Waals surface area contributed by atoms with E-state index in [1.807, 2.05) is 40.9 Å². The summed E-state index contributed by atoms with van der Waals surface area (Å²) in [6.45, 7) is 3.39. The summed E-state index contributed by atoms with van der Waals surface area (Å²) in [7, 11) is 1.89. The minimum atomic E-state index is -0.473. The standard InChI is InChI=1S/C20H22N6O4S/c1-23-5-4-15-17(23)18(27)24-6-8-26(15,9-7-24)16-3-2-13(10-21-16)25-12-14(30-20(25)29)11-22-19(28)31/h2-5,10,14H,6-9,11-12H2,1H3,(H-,22,28,31)/p+1/t14-/m0/s1. The van der Waals surface area contributed by atoms with Gasteiger partial charge in [0.25, 0.3) is 11.1 Å². The predicted molar refractivity (Wildman–Crippen MR) is 117 cm³/mol. The number of nitrogens with one attached hydrogen (secondary N) is 1. The quantitative estimate of drug-likeness (QED) is 0.551. The molecule has 3 amide bonds. The Morgan fingerprint density at radius 1 is 1.29 bits per heavy atom. The molecule has 11 heteroatoms. The first-order valence-electron chi connectivity index (χ1n) is 10.1. The van der Waals surface area contributed by atoms with Crippen LogP contribution >= 0.6 is 12.6 Å². The van der Waals surface area contributed by atoms with Gasteiger partial charge in [0.1, 0.15) is 19.2 Å². The lowest BCUT2D eigenvalue weighted by atomic mass is 10.2. The second-order valence-electron chi connectivity index (χ2n) is 8.04. The molecule has 0 unspecified atom stereocenters. The van der Waals surface area contributed by atoms with Crippen molar-refractivity contribution in [3.8, 4) is 0 Å². The first kappa shape index (κ1) is 19.9. The molecule has 0 saturated carbocycles. The van der Waals surface area contributed by atoms with E-state index in [-0.39, 0.29) is 12.5 Å². The SMILES string of the molecule is Cn1ccc2c1C(=O)N1CC[N+]2(c2ccc(N3C[C@H](CNC(=O)S)OC3=O)cn2)CC1. The van der Waals surface area contributed by atoms with Crippen molar-refractivity contribution in [3.63, 3.8) is 0 Å². The third-order valence-corrected chi connectivity index (χ3v) is 6.50. The number of amides is 3. The van der Waals surface area contributed by atoms with Crippen LogP contribution in [0.2, 0.25) is 0 Å². The smallest absolute Gasteiger partial charge is 0.414 e. The number of hydrogen-bond donors (Lipinski definition) is 2. The summed E-state index contributed by atoms with van der Waals surface area (Å²) in [4.78, 5) is 44.3. The number of anilines is 1. The van der Waals surface area contributed by atoms with E-state index in [0.29, 0.717) is 35.5 Å². The summed E-state index contributed by atoms with van der Waals surface area (Å²) in [5.74, 6) is 0.910. The Morgan fingerprint density at radius 3 is 2.74 bits per heavy atom. The maximum Gasteiger partial charge on any atom is 0.414 e. The number of rotatable bonds is 4. The molecule has 6 rings (SSSR count). The largest absolute Gasteiger partial charge is 0.442 e. The molecule has 1 atom stereocenters. The normalized spacial score (nSPS) is 21.7. The number of ether oxygens (including phenoxy) is 1. The molecule has 2 saturated heterocycles. The van der Waals surface area contributed by atoms with Crippen molar-refractivity contribution in [1.29, 1.82) is 0 Å². The van der Waals surface area contributed by atoms with Gasteiger partial charge in [0.05, 0.1) is 38.1 Å². The highest BCUT2D eigenvalue weighted by Gasteiger charge is 2.48. The van der Waals surface area contributed by atoms with Crippen LogP contribution in [0.15, 0.2) is 30.6 Å². The molecule has 0 radical (unpaired) electrons. The van der Waals surface area contributed by atoms with Crippen LogP contribution in [0, 0.1) is 0 Å². The number of thiol groups is 1. The molecule has 4 aliphatic heterocycles. The fraction of sp³-hybridized carbons (Fsp3) is 0.400. The van der Waals surface area contributed by atoms with E-state index in [2.05, 4.69) is 17.9 Å². The average molecular weight is 444 g/mol. The molecule has 1 N–H and O–H groups in total. The summed E-state index contributed by atoms with van der Waals surface area (Å²) < 4.78 is 7.71. The van der Waals surface area contributed by atoms with Crippen LogP contribution in [0.4, 0.5) is 26.8 Å². The van der Waals surface area contributed by atoms with E-state index < -0.39 is 17.4 Å². The van der Waals surface area contributed by atoms with Gasteiger partial charge in [-0.15, -0.1) is 0 Å². The molecule has 2 fully saturated rings. The molecule has 0 aliphatic carbocycles. The first-order valence-corrected chi connectivity index (χ1v) is 10.6. The Kier molecular flexibility index (Phi) is 4.67. The minimum Gasteiger partial charge on any atom is -0.442 e. The third kappa shape index (κ3) is 3.15. The van der Waals surface area contributed by atoms with Crippen LogP contribution in [-0.2, 0) is 11.8 Å². The zero-order chi connectivity index (χ0) is 21.8. The number of pyridine rings is 1. The molecule has 6 heterocycles. The highest BCUT2D eigenvalue weighted by Crippen LogP contribution is 2.41. The number of aromatic nitrogens is 2. The van der Waals surface area contributed by atoms with Crippen LogP contribution in [0.3, 0.4) is 0 Å². The molecule has 10 nitrogen and oxygen atoms in total. The Balaban J connectivity index is 1.43. The fourth-order valence-electron chi connectivity index (χ4n) is 4.71. The topological polar surface area (TPSA) is 96.8 Å². The zero-order valence-corrected chi connectivity index (χ0v) is 17.9. The summed E-state index contributed by atoms with van der Waals surface area (Å²) >= 11 is 3.66. The maximum atomic E-state index is 12.9. The minimum absolute atomic E-state index is 0.0655. The number of carbonyl (C=O) groups excluding carboxylic acids is 3. The number of cyclic esters (lactones) is 1. The second kappa shape index (κ2) is 7.27. The number of carbonyl (C=O) groups is 3. The van der Waals surface area contributed by atoms with E-state index in [1.165, 1.54) is 4.90 Å². The fourth-order valence-corrected chi connectivity index (χ4v) is 4.80. The van der Waals surface area contributed by atoms with Gasteiger partial charge in [0, 0.05) is 25.4 Å². The number of fused-ring (bicyclic) bond motifs is 2. The van der Waals surface area contributed by atoms with Gasteiger partial charge in [-0.3, -0.25) is 14.5 Å². The number of quaternary nitrogens is 1. The monoisotopic (exact) mass is 443 g/mol. The van der Waals surface area contributed by atoms with Gasteiger partial charge in [-0.25, -0.2) is 14.3 Å². The van der Waals surface area contributed by atoms with Crippen LogP contribution in [0.25, 0.3) is 0 Å². The zero-order valence-electron chi connectivity index (χ0n) is 17.0. The first-order chi connectivity index (χ1) is 14.9. The van der Waals surface area contributed by atoms with Crippen molar-refractivity contribution >= 4 is 47.1 Å². The summed E-state index contributed by atoms with van der Waals surface area (Å²) in [6.07, 6.45) is 2.68. The van der Waals surface area contributed by atoms with Crippen LogP contribution in [0.1, 0.15) is 10.5 Å². The van der Waals surface area contributed by atoms with E-state index >= 15 is 0 Å². The van der Waals surface area contributed by atoms with E-state index in [4.69, 9.17) is 9.72 Å². The van der Waals surface area contributed by atoms with Gasteiger partial charge >= 0.3 is 6.09 Å². The van der Waals surface area contributed by atoms with Crippen molar-refractivity contribution < 1.29 is 19.1 Å². The summed E-state index contributed by atoms with van der Waals surface area (Å²) in [5.41, 5.74) is 2.30. The molecule has 31 heavy (non-hydrogen) atoms. The van der Waals surface area contributed by atoms with Crippen molar-refractivity contribution in [2.24, 2.45) is 7.05 Å². The van der Waals surface area contributed by atoms with Crippen LogP contribution in [-0.4, -0.2) is 77.1 Å². The summed E-state index contributed by atoms with van der Waals surface area (Å²) in [6, 6.07) is 5.79. The van der Waals surface area contributed by atoms with E-state index in [0.717, 1.165) is 24.6 Å². The van der Waals surface area contributed by atoms with Gasteiger partial charge < -0.3 is 19.5 Å². The van der Waals surface area contributed by atoms with E-state index in [9.17, 15) is 14.4 Å². The van der Waals surface area contributed by atoms with Crippen LogP contribution in [0.5, 0.6) is 0 Å².